The van der Waals surface area contributed by atoms with Gasteiger partial charge in [-0.25, -0.2) is 8.42 Å². The minimum atomic E-state index is -4.66. The van der Waals surface area contributed by atoms with Crippen LogP contribution < -0.4 is 10.1 Å². The molecule has 10 heteroatoms. The summed E-state index contributed by atoms with van der Waals surface area (Å²) in [4.78, 5) is 12.8. The van der Waals surface area contributed by atoms with Crippen LogP contribution in [0, 0.1) is 6.92 Å². The number of carbonyl (C=O) groups is 1. The predicted octanol–water partition coefficient (Wildman–Crippen LogP) is 4.98. The number of amides is 1. The van der Waals surface area contributed by atoms with Crippen molar-refractivity contribution in [2.75, 3.05) is 19.0 Å². The standard InChI is InChI=1S/C23H27F3N2O4S/c1-16-12-13-20(32-2)21(14-16)33(30,31)28(17-8-4-3-5-9-17)15-22(29)27-19-11-7-6-10-18(19)23(24,25)26/h6-7,10-14,17H,3-5,8-9,15H2,1-2H3,(H,27,29). The van der Waals surface area contributed by atoms with Crippen LogP contribution >= 0.6 is 0 Å². The molecule has 33 heavy (non-hydrogen) atoms. The Labute approximate surface area is 191 Å². The van der Waals surface area contributed by atoms with Crippen molar-refractivity contribution in [1.29, 1.82) is 0 Å². The van der Waals surface area contributed by atoms with Gasteiger partial charge in [-0.05, 0) is 49.6 Å². The Morgan fingerprint density at radius 3 is 2.42 bits per heavy atom. The van der Waals surface area contributed by atoms with Crippen molar-refractivity contribution in [1.82, 2.24) is 4.31 Å². The third-order valence-electron chi connectivity index (χ3n) is 5.69. The average molecular weight is 485 g/mol. The first kappa shape index (κ1) is 25.0. The highest BCUT2D eigenvalue weighted by Gasteiger charge is 2.37. The van der Waals surface area contributed by atoms with Crippen molar-refractivity contribution in [3.8, 4) is 5.75 Å². The number of nitrogens with one attached hydrogen (secondary N) is 1. The van der Waals surface area contributed by atoms with Crippen LogP contribution in [0.3, 0.4) is 0 Å². The van der Waals surface area contributed by atoms with E-state index in [1.165, 1.54) is 25.3 Å². The van der Waals surface area contributed by atoms with E-state index in [1.807, 2.05) is 0 Å². The fraction of sp³-hybridized carbons (Fsp3) is 0.435. The third kappa shape index (κ3) is 5.86. The molecule has 1 aliphatic rings. The van der Waals surface area contributed by atoms with E-state index in [-0.39, 0.29) is 10.6 Å². The highest BCUT2D eigenvalue weighted by Crippen LogP contribution is 2.35. The van der Waals surface area contributed by atoms with Gasteiger partial charge in [0.1, 0.15) is 10.6 Å². The second kappa shape index (κ2) is 10.1. The molecular formula is C23H27F3N2O4S. The lowest BCUT2D eigenvalue weighted by Crippen LogP contribution is -2.45. The summed E-state index contributed by atoms with van der Waals surface area (Å²) in [6.45, 7) is 1.14. The van der Waals surface area contributed by atoms with Crippen LogP contribution in [0.4, 0.5) is 18.9 Å². The molecule has 1 saturated carbocycles. The number of nitrogens with zero attached hydrogens (tertiary/aromatic N) is 1. The summed E-state index contributed by atoms with van der Waals surface area (Å²) in [5.74, 6) is -0.697. The highest BCUT2D eigenvalue weighted by atomic mass is 32.2. The first-order chi connectivity index (χ1) is 15.5. The molecule has 0 atom stereocenters. The minimum Gasteiger partial charge on any atom is -0.495 e. The van der Waals surface area contributed by atoms with Gasteiger partial charge in [0.15, 0.2) is 0 Å². The van der Waals surface area contributed by atoms with Crippen LogP contribution in [-0.4, -0.2) is 38.3 Å². The molecule has 2 aromatic rings. The number of ether oxygens (including phenoxy) is 1. The SMILES string of the molecule is COc1ccc(C)cc1S(=O)(=O)N(CC(=O)Nc1ccccc1C(F)(F)F)C1CCCCC1. The Morgan fingerprint density at radius 1 is 1.12 bits per heavy atom. The monoisotopic (exact) mass is 484 g/mol. The maximum atomic E-state index is 13.7. The normalized spacial score (nSPS) is 15.5. The Balaban J connectivity index is 1.95. The van der Waals surface area contributed by atoms with E-state index in [0.29, 0.717) is 18.4 Å². The second-order valence-corrected chi connectivity index (χ2v) is 9.95. The number of methoxy groups -OCH3 is 1. The van der Waals surface area contributed by atoms with Crippen molar-refractivity contribution in [3.63, 3.8) is 0 Å². The van der Waals surface area contributed by atoms with Crippen molar-refractivity contribution in [2.24, 2.45) is 0 Å². The quantitative estimate of drug-likeness (QED) is 0.601. The summed E-state index contributed by atoms with van der Waals surface area (Å²) in [5, 5.41) is 2.25. The summed E-state index contributed by atoms with van der Waals surface area (Å²) >= 11 is 0. The Morgan fingerprint density at radius 2 is 1.79 bits per heavy atom. The molecule has 1 fully saturated rings. The molecular weight excluding hydrogens is 457 g/mol. The zero-order chi connectivity index (χ0) is 24.2. The lowest BCUT2D eigenvalue weighted by atomic mass is 9.95. The van der Waals surface area contributed by atoms with Crippen LogP contribution in [0.25, 0.3) is 0 Å². The first-order valence-electron chi connectivity index (χ1n) is 10.7. The van der Waals surface area contributed by atoms with Crippen molar-refractivity contribution in [2.45, 2.75) is 56.1 Å². The third-order valence-corrected chi connectivity index (χ3v) is 7.61. The number of carbonyl (C=O) groups excluding carboxylic acids is 1. The maximum Gasteiger partial charge on any atom is 0.418 e. The van der Waals surface area contributed by atoms with E-state index in [2.05, 4.69) is 5.32 Å². The molecule has 0 unspecified atom stereocenters. The second-order valence-electron chi connectivity index (χ2n) is 8.09. The molecule has 0 saturated heterocycles. The van der Waals surface area contributed by atoms with Crippen molar-refractivity contribution >= 4 is 21.6 Å². The molecule has 1 N–H and O–H groups in total. The minimum absolute atomic E-state index is 0.0703. The van der Waals surface area contributed by atoms with Crippen molar-refractivity contribution < 1.29 is 31.1 Å². The maximum absolute atomic E-state index is 13.7. The van der Waals surface area contributed by atoms with E-state index in [4.69, 9.17) is 4.74 Å². The van der Waals surface area contributed by atoms with Gasteiger partial charge < -0.3 is 10.1 Å². The number of hydrogen-bond acceptors (Lipinski definition) is 4. The predicted molar refractivity (Wildman–Crippen MR) is 119 cm³/mol. The molecule has 6 nitrogen and oxygen atoms in total. The van der Waals surface area contributed by atoms with Crippen LogP contribution in [-0.2, 0) is 21.0 Å². The van der Waals surface area contributed by atoms with Gasteiger partial charge in [-0.2, -0.15) is 17.5 Å². The highest BCUT2D eigenvalue weighted by molar-refractivity contribution is 7.89. The number of alkyl halides is 3. The molecule has 0 bridgehead atoms. The van der Waals surface area contributed by atoms with Gasteiger partial charge >= 0.3 is 6.18 Å². The summed E-state index contributed by atoms with van der Waals surface area (Å²) in [6.07, 6.45) is -0.947. The molecule has 1 amide bonds. The van der Waals surface area contributed by atoms with Gasteiger partial charge in [-0.3, -0.25) is 4.79 Å². The van der Waals surface area contributed by atoms with Crippen LogP contribution in [0.15, 0.2) is 47.4 Å². The molecule has 2 aromatic carbocycles. The van der Waals surface area contributed by atoms with E-state index in [1.54, 1.807) is 19.1 Å². The number of halogens is 3. The average Bonchev–Trinajstić information content (AvgIpc) is 2.77. The van der Waals surface area contributed by atoms with Gasteiger partial charge in [0.05, 0.1) is 24.9 Å². The fourth-order valence-corrected chi connectivity index (χ4v) is 5.95. The van der Waals surface area contributed by atoms with Gasteiger partial charge in [-0.15, -0.1) is 0 Å². The Hall–Kier alpha value is -2.59. The number of para-hydroxylation sites is 1. The fourth-order valence-electron chi connectivity index (χ4n) is 4.06. The lowest BCUT2D eigenvalue weighted by molar-refractivity contribution is -0.137. The van der Waals surface area contributed by atoms with Gasteiger partial charge in [-0.1, -0.05) is 37.5 Å². The van der Waals surface area contributed by atoms with E-state index in [0.717, 1.165) is 35.7 Å². The Kier molecular flexibility index (Phi) is 7.69. The smallest absolute Gasteiger partial charge is 0.418 e. The molecule has 1 aliphatic carbocycles. The van der Waals surface area contributed by atoms with Crippen LogP contribution in [0.1, 0.15) is 43.2 Å². The Bertz CT molecular complexity index is 1100. The molecule has 0 spiro atoms. The first-order valence-corrected chi connectivity index (χ1v) is 12.1. The number of benzene rings is 2. The number of sulfonamides is 1. The van der Waals surface area contributed by atoms with Crippen LogP contribution in [0.2, 0.25) is 0 Å². The lowest BCUT2D eigenvalue weighted by Gasteiger charge is -2.33. The molecule has 180 valence electrons. The molecule has 0 heterocycles. The molecule has 0 radical (unpaired) electrons. The molecule has 0 aromatic heterocycles. The summed E-state index contributed by atoms with van der Waals surface area (Å²) in [6, 6.07) is 8.90. The van der Waals surface area contributed by atoms with Gasteiger partial charge in [0.25, 0.3) is 0 Å². The zero-order valence-electron chi connectivity index (χ0n) is 18.5. The molecule has 3 rings (SSSR count). The number of rotatable bonds is 7. The van der Waals surface area contributed by atoms with Crippen LogP contribution in [0.5, 0.6) is 5.75 Å². The van der Waals surface area contributed by atoms with E-state index >= 15 is 0 Å². The van der Waals surface area contributed by atoms with Gasteiger partial charge in [0.2, 0.25) is 15.9 Å². The van der Waals surface area contributed by atoms with E-state index in [9.17, 15) is 26.4 Å². The number of anilines is 1. The molecule has 0 aliphatic heterocycles. The topological polar surface area (TPSA) is 75.7 Å². The number of hydrogen-bond donors (Lipinski definition) is 1. The largest absolute Gasteiger partial charge is 0.495 e. The van der Waals surface area contributed by atoms with Crippen molar-refractivity contribution in [3.05, 3.63) is 53.6 Å². The number of aryl methyl sites for hydroxylation is 1. The summed E-state index contributed by atoms with van der Waals surface area (Å²) in [7, 11) is -2.81. The zero-order valence-corrected chi connectivity index (χ0v) is 19.3. The summed E-state index contributed by atoms with van der Waals surface area (Å²) in [5.41, 5.74) is -0.712. The summed E-state index contributed by atoms with van der Waals surface area (Å²) < 4.78 is 73.6. The van der Waals surface area contributed by atoms with Gasteiger partial charge in [0, 0.05) is 6.04 Å². The van der Waals surface area contributed by atoms with E-state index < -0.39 is 45.9 Å².